The van der Waals surface area contributed by atoms with E-state index in [1.54, 1.807) is 19.3 Å². The summed E-state index contributed by atoms with van der Waals surface area (Å²) < 4.78 is 25.4. The summed E-state index contributed by atoms with van der Waals surface area (Å²) in [6, 6.07) is 13.0. The number of nitrogens with two attached hydrogens (primary N) is 1. The number of hydrogen-bond donors (Lipinski definition) is 1. The Morgan fingerprint density at radius 1 is 1.09 bits per heavy atom. The molecule has 3 aliphatic heterocycles. The molecule has 240 valence electrons. The fourth-order valence-corrected chi connectivity index (χ4v) is 6.95. The number of piperazine rings is 1. The lowest BCUT2D eigenvalue weighted by Gasteiger charge is -2.42. The molecule has 4 heterocycles. The molecule has 0 bridgehead atoms. The Morgan fingerprint density at radius 2 is 1.91 bits per heavy atom. The quantitative estimate of drug-likeness (QED) is 0.363. The van der Waals surface area contributed by atoms with Gasteiger partial charge in [0, 0.05) is 75.1 Å². The number of hydrogen-bond acceptors (Lipinski definition) is 9. The zero-order chi connectivity index (χ0) is 31.5. The number of anilines is 2. The number of carbonyl (C=O) groups excluding carboxylic acids is 1. The second-order valence-electron chi connectivity index (χ2n) is 12.3. The summed E-state index contributed by atoms with van der Waals surface area (Å²) in [5.41, 5.74) is 10.7. The molecule has 0 spiro atoms. The lowest BCUT2D eigenvalue weighted by atomic mass is 9.99. The molecule has 2 aromatic carbocycles. The number of likely N-dealkylation sites (tertiary alicyclic amines) is 1. The summed E-state index contributed by atoms with van der Waals surface area (Å²) in [5, 5.41) is 2.47. The van der Waals surface area contributed by atoms with Gasteiger partial charge in [0.25, 0.3) is 0 Å². The Bertz CT molecular complexity index is 1550. The molecule has 3 atom stereocenters. The van der Waals surface area contributed by atoms with Crippen LogP contribution >= 0.6 is 0 Å². The maximum absolute atomic E-state index is 14.1. The Labute approximate surface area is 264 Å². The maximum atomic E-state index is 14.1. The standard InChI is InChI=1S/C34H44FN7O3/c1-23-7-4-8-24-9-5-10-30(32(23)24)40-13-12-28-29(21-40)37-34(45-22-26-17-25(35)19-39(26)2)38-33(28)41-14-15-42(27(18-36)20-41)31(43)11-6-16-44-3/h4-11,25-27H,12-22,36H2,1-3H3/b11-6+/t25?,26?,27-/m0/s1. The summed E-state index contributed by atoms with van der Waals surface area (Å²) in [5.74, 6) is 0.774. The Balaban J connectivity index is 1.30. The number of halogens is 1. The van der Waals surface area contributed by atoms with Gasteiger partial charge in [-0.05, 0) is 43.8 Å². The molecule has 0 aliphatic carbocycles. The van der Waals surface area contributed by atoms with Crippen molar-refractivity contribution in [2.45, 2.75) is 44.6 Å². The molecule has 0 radical (unpaired) electrons. The van der Waals surface area contributed by atoms with Crippen molar-refractivity contribution in [2.24, 2.45) is 5.73 Å². The predicted molar refractivity (Wildman–Crippen MR) is 175 cm³/mol. The number of amides is 1. The van der Waals surface area contributed by atoms with Gasteiger partial charge in [-0.2, -0.15) is 9.97 Å². The number of methoxy groups -OCH3 is 1. The monoisotopic (exact) mass is 617 g/mol. The highest BCUT2D eigenvalue weighted by Gasteiger charge is 2.34. The number of carbonyl (C=O) groups is 1. The first-order valence-electron chi connectivity index (χ1n) is 15.9. The van der Waals surface area contributed by atoms with Crippen LogP contribution in [0.2, 0.25) is 0 Å². The van der Waals surface area contributed by atoms with E-state index < -0.39 is 6.17 Å². The van der Waals surface area contributed by atoms with Crippen LogP contribution in [0.1, 0.15) is 23.2 Å². The van der Waals surface area contributed by atoms with Crippen molar-refractivity contribution < 1.29 is 18.7 Å². The van der Waals surface area contributed by atoms with Crippen LogP contribution in [0.3, 0.4) is 0 Å². The smallest absolute Gasteiger partial charge is 0.318 e. The first-order chi connectivity index (χ1) is 21.9. The number of aromatic nitrogens is 2. The number of likely N-dealkylation sites (N-methyl/N-ethyl adjacent to an activating group) is 1. The van der Waals surface area contributed by atoms with Gasteiger partial charge >= 0.3 is 6.01 Å². The summed E-state index contributed by atoms with van der Waals surface area (Å²) >= 11 is 0. The zero-order valence-electron chi connectivity index (χ0n) is 26.5. The molecular formula is C34H44FN7O3. The molecule has 2 saturated heterocycles. The van der Waals surface area contributed by atoms with Gasteiger partial charge in [-0.25, -0.2) is 4.39 Å². The van der Waals surface area contributed by atoms with Gasteiger partial charge in [-0.1, -0.05) is 36.4 Å². The van der Waals surface area contributed by atoms with Gasteiger partial charge in [0.15, 0.2) is 0 Å². The van der Waals surface area contributed by atoms with E-state index in [9.17, 15) is 9.18 Å². The lowest BCUT2D eigenvalue weighted by molar-refractivity contribution is -0.128. The Morgan fingerprint density at radius 3 is 2.67 bits per heavy atom. The second kappa shape index (κ2) is 13.7. The molecule has 10 nitrogen and oxygen atoms in total. The van der Waals surface area contributed by atoms with Crippen molar-refractivity contribution in [1.29, 1.82) is 0 Å². The number of alkyl halides is 1. The van der Waals surface area contributed by atoms with Crippen molar-refractivity contribution in [3.8, 4) is 6.01 Å². The molecular weight excluding hydrogens is 573 g/mol. The van der Waals surface area contributed by atoms with E-state index in [4.69, 9.17) is 25.2 Å². The number of ether oxygens (including phenoxy) is 2. The minimum absolute atomic E-state index is 0.0272. The third kappa shape index (κ3) is 6.61. The van der Waals surface area contributed by atoms with Crippen LogP contribution in [0.15, 0.2) is 48.6 Å². The number of benzene rings is 2. The number of fused-ring (bicyclic) bond motifs is 2. The van der Waals surface area contributed by atoms with Crippen molar-refractivity contribution in [1.82, 2.24) is 19.8 Å². The van der Waals surface area contributed by atoms with Gasteiger partial charge < -0.3 is 29.9 Å². The Hall–Kier alpha value is -3.80. The molecule has 45 heavy (non-hydrogen) atoms. The van der Waals surface area contributed by atoms with Crippen molar-refractivity contribution in [3.63, 3.8) is 0 Å². The van der Waals surface area contributed by atoms with Gasteiger partial charge in [0.05, 0.1) is 24.9 Å². The molecule has 1 aromatic heterocycles. The van der Waals surface area contributed by atoms with Crippen molar-refractivity contribution in [2.75, 3.05) is 76.4 Å². The van der Waals surface area contributed by atoms with Gasteiger partial charge in [-0.3, -0.25) is 9.69 Å². The third-order valence-electron chi connectivity index (χ3n) is 9.36. The van der Waals surface area contributed by atoms with Crippen molar-refractivity contribution in [3.05, 3.63) is 65.4 Å². The topological polar surface area (TPSA) is 100 Å². The molecule has 1 amide bonds. The highest BCUT2D eigenvalue weighted by molar-refractivity contribution is 5.97. The van der Waals surface area contributed by atoms with Crippen LogP contribution in [-0.2, 0) is 22.5 Å². The molecule has 2 fully saturated rings. The average Bonchev–Trinajstić information content (AvgIpc) is 3.38. The number of nitrogens with zero attached hydrogens (tertiary/aromatic N) is 6. The van der Waals surface area contributed by atoms with E-state index in [1.807, 2.05) is 16.8 Å². The molecule has 6 rings (SSSR count). The number of rotatable bonds is 9. The van der Waals surface area contributed by atoms with E-state index in [0.717, 1.165) is 30.0 Å². The van der Waals surface area contributed by atoms with Crippen LogP contribution in [0.5, 0.6) is 6.01 Å². The first kappa shape index (κ1) is 31.2. The fraction of sp³-hybridized carbons (Fsp3) is 0.500. The Kier molecular flexibility index (Phi) is 9.48. The summed E-state index contributed by atoms with van der Waals surface area (Å²) in [7, 11) is 3.53. The molecule has 11 heteroatoms. The van der Waals surface area contributed by atoms with E-state index in [-0.39, 0.29) is 18.0 Å². The van der Waals surface area contributed by atoms with E-state index in [2.05, 4.69) is 53.1 Å². The highest BCUT2D eigenvalue weighted by Crippen LogP contribution is 2.36. The SMILES string of the molecule is COC/C=C/C(=O)N1CCN(c2nc(OCC3CC(F)CN3C)nc3c2CCN(c2cccc4cccc(C)c24)C3)C[C@@H]1CN. The highest BCUT2D eigenvalue weighted by atomic mass is 19.1. The van der Waals surface area contributed by atoms with E-state index in [0.29, 0.717) is 64.9 Å². The van der Waals surface area contributed by atoms with Gasteiger partial charge in [0.1, 0.15) is 18.6 Å². The minimum atomic E-state index is -0.849. The third-order valence-corrected chi connectivity index (χ3v) is 9.36. The largest absolute Gasteiger partial charge is 0.462 e. The molecule has 3 aliphatic rings. The van der Waals surface area contributed by atoms with Crippen molar-refractivity contribution >= 4 is 28.2 Å². The summed E-state index contributed by atoms with van der Waals surface area (Å²) in [6.07, 6.45) is 3.65. The molecule has 2 unspecified atom stereocenters. The van der Waals surface area contributed by atoms with Gasteiger partial charge in [0.2, 0.25) is 5.91 Å². The van der Waals surface area contributed by atoms with E-state index in [1.165, 1.54) is 22.0 Å². The first-order valence-corrected chi connectivity index (χ1v) is 15.9. The van der Waals surface area contributed by atoms with Crippen LogP contribution in [-0.4, -0.2) is 111 Å². The number of aryl methyl sites for hydroxylation is 1. The molecule has 3 aromatic rings. The second-order valence-corrected chi connectivity index (χ2v) is 12.3. The fourth-order valence-electron chi connectivity index (χ4n) is 6.95. The molecule has 0 saturated carbocycles. The van der Waals surface area contributed by atoms with Crippen LogP contribution in [0, 0.1) is 6.92 Å². The lowest BCUT2D eigenvalue weighted by Crippen LogP contribution is -2.58. The van der Waals surface area contributed by atoms with Crippen LogP contribution in [0.25, 0.3) is 10.8 Å². The van der Waals surface area contributed by atoms with E-state index >= 15 is 0 Å². The summed E-state index contributed by atoms with van der Waals surface area (Å²) in [6.45, 7) is 6.75. The minimum Gasteiger partial charge on any atom is -0.462 e. The predicted octanol–water partition coefficient (Wildman–Crippen LogP) is 3.10. The maximum Gasteiger partial charge on any atom is 0.318 e. The van der Waals surface area contributed by atoms with Gasteiger partial charge in [-0.15, -0.1) is 0 Å². The normalized spacial score (nSPS) is 22.4. The summed E-state index contributed by atoms with van der Waals surface area (Å²) in [4.78, 5) is 31.3. The average molecular weight is 618 g/mol. The molecule has 2 N–H and O–H groups in total. The van der Waals surface area contributed by atoms with Crippen LogP contribution < -0.4 is 20.3 Å². The zero-order valence-corrected chi connectivity index (χ0v) is 26.5. The van der Waals surface area contributed by atoms with Crippen LogP contribution in [0.4, 0.5) is 15.9 Å².